The molecule has 0 radical (unpaired) electrons. The summed E-state index contributed by atoms with van der Waals surface area (Å²) in [7, 11) is 0. The van der Waals surface area contributed by atoms with Gasteiger partial charge < -0.3 is 0 Å². The molecule has 1 aliphatic rings. The van der Waals surface area contributed by atoms with Gasteiger partial charge in [-0.3, -0.25) is 9.79 Å². The number of amides is 1. The predicted octanol–water partition coefficient (Wildman–Crippen LogP) is 4.22. The molecule has 1 unspecified atom stereocenters. The average molecular weight is 364 g/mol. The molecule has 1 atom stereocenters. The summed E-state index contributed by atoms with van der Waals surface area (Å²) >= 11 is 9.29. The third-order valence-corrected chi connectivity index (χ3v) is 4.35. The molecular formula is C16H12BrClN2O. The first-order chi connectivity index (χ1) is 10.1. The minimum absolute atomic E-state index is 0.0913. The molecule has 1 aliphatic heterocycles. The van der Waals surface area contributed by atoms with Crippen LogP contribution in [-0.4, -0.2) is 17.7 Å². The van der Waals surface area contributed by atoms with Gasteiger partial charge in [0.15, 0.2) is 0 Å². The van der Waals surface area contributed by atoms with Crippen LogP contribution in [0.3, 0.4) is 0 Å². The molecule has 0 saturated heterocycles. The van der Waals surface area contributed by atoms with E-state index in [0.717, 1.165) is 22.5 Å². The number of rotatable bonds is 1. The number of halogens is 2. The van der Waals surface area contributed by atoms with E-state index in [4.69, 9.17) is 11.6 Å². The standard InChI is InChI=1S/C16H12BrClN2O/c1-10-16(21)20(17)14-5-3-2-4-13(14)15(19-10)11-6-8-12(18)9-7-11/h2-10H,1H3. The second-order valence-electron chi connectivity index (χ2n) is 4.80. The van der Waals surface area contributed by atoms with Crippen LogP contribution in [0.15, 0.2) is 53.5 Å². The van der Waals surface area contributed by atoms with Gasteiger partial charge in [0, 0.05) is 16.1 Å². The number of carbonyl (C=O) groups excluding carboxylic acids is 1. The second kappa shape index (κ2) is 5.62. The van der Waals surface area contributed by atoms with E-state index in [0.29, 0.717) is 5.02 Å². The van der Waals surface area contributed by atoms with Crippen LogP contribution in [0.2, 0.25) is 5.02 Å². The monoisotopic (exact) mass is 362 g/mol. The van der Waals surface area contributed by atoms with E-state index in [2.05, 4.69) is 21.1 Å². The van der Waals surface area contributed by atoms with Gasteiger partial charge in [0.05, 0.1) is 27.5 Å². The maximum Gasteiger partial charge on any atom is 0.261 e. The Morgan fingerprint density at radius 3 is 2.52 bits per heavy atom. The van der Waals surface area contributed by atoms with Gasteiger partial charge in [0.1, 0.15) is 6.04 Å². The molecule has 106 valence electrons. The Morgan fingerprint density at radius 2 is 1.81 bits per heavy atom. The quantitative estimate of drug-likeness (QED) is 0.698. The van der Waals surface area contributed by atoms with Crippen LogP contribution in [-0.2, 0) is 4.79 Å². The number of carbonyl (C=O) groups is 1. The molecule has 2 aromatic rings. The molecule has 0 saturated carbocycles. The van der Waals surface area contributed by atoms with Crippen molar-refractivity contribution >= 4 is 45.1 Å². The summed E-state index contributed by atoms with van der Waals surface area (Å²) in [5, 5.41) is 0.674. The zero-order valence-electron chi connectivity index (χ0n) is 11.3. The van der Waals surface area contributed by atoms with Crippen LogP contribution >= 0.6 is 27.7 Å². The molecule has 5 heteroatoms. The lowest BCUT2D eigenvalue weighted by atomic mass is 10.0. The van der Waals surface area contributed by atoms with Crippen LogP contribution < -0.4 is 3.93 Å². The first kappa shape index (κ1) is 14.3. The number of hydrogen-bond acceptors (Lipinski definition) is 2. The van der Waals surface area contributed by atoms with E-state index in [1.165, 1.54) is 3.93 Å². The number of hydrogen-bond donors (Lipinski definition) is 0. The largest absolute Gasteiger partial charge is 0.271 e. The maximum absolute atomic E-state index is 12.3. The number of anilines is 1. The molecule has 0 aromatic heterocycles. The van der Waals surface area contributed by atoms with Crippen molar-refractivity contribution in [1.82, 2.24) is 0 Å². The molecule has 0 spiro atoms. The van der Waals surface area contributed by atoms with Crippen molar-refractivity contribution in [3.8, 4) is 0 Å². The molecule has 0 bridgehead atoms. The Balaban J connectivity index is 2.22. The molecule has 2 aromatic carbocycles. The van der Waals surface area contributed by atoms with Crippen molar-refractivity contribution in [2.45, 2.75) is 13.0 Å². The van der Waals surface area contributed by atoms with E-state index in [1.807, 2.05) is 48.5 Å². The van der Waals surface area contributed by atoms with Crippen molar-refractivity contribution in [2.75, 3.05) is 3.93 Å². The van der Waals surface area contributed by atoms with Crippen molar-refractivity contribution in [3.63, 3.8) is 0 Å². The molecule has 0 fully saturated rings. The lowest BCUT2D eigenvalue weighted by Crippen LogP contribution is -2.28. The van der Waals surface area contributed by atoms with E-state index < -0.39 is 6.04 Å². The zero-order valence-corrected chi connectivity index (χ0v) is 13.6. The van der Waals surface area contributed by atoms with Gasteiger partial charge in [-0.2, -0.15) is 0 Å². The fourth-order valence-electron chi connectivity index (χ4n) is 2.28. The highest BCUT2D eigenvalue weighted by Gasteiger charge is 2.27. The Bertz CT molecular complexity index is 727. The number of para-hydroxylation sites is 1. The van der Waals surface area contributed by atoms with Gasteiger partial charge in [-0.25, -0.2) is 3.93 Å². The number of benzene rings is 2. The normalized spacial score (nSPS) is 18.0. The maximum atomic E-state index is 12.3. The average Bonchev–Trinajstić information content (AvgIpc) is 2.60. The SMILES string of the molecule is CC1N=C(c2ccc(Cl)cc2)c2ccccc2N(Br)C1=O. The molecule has 1 heterocycles. The Morgan fingerprint density at radius 1 is 1.14 bits per heavy atom. The smallest absolute Gasteiger partial charge is 0.261 e. The first-order valence-electron chi connectivity index (χ1n) is 6.51. The highest BCUT2D eigenvalue weighted by molar-refractivity contribution is 9.10. The summed E-state index contributed by atoms with van der Waals surface area (Å²) in [6, 6.07) is 14.7. The lowest BCUT2D eigenvalue weighted by molar-refractivity contribution is -0.118. The number of fused-ring (bicyclic) bond motifs is 1. The Labute approximate surface area is 136 Å². The van der Waals surface area contributed by atoms with E-state index in [1.54, 1.807) is 6.92 Å². The number of nitrogens with zero attached hydrogens (tertiary/aromatic N) is 2. The highest BCUT2D eigenvalue weighted by Crippen LogP contribution is 2.30. The summed E-state index contributed by atoms with van der Waals surface area (Å²) < 4.78 is 1.49. The highest BCUT2D eigenvalue weighted by atomic mass is 79.9. The zero-order chi connectivity index (χ0) is 15.0. The topological polar surface area (TPSA) is 32.7 Å². The molecule has 1 amide bonds. The van der Waals surface area contributed by atoms with Crippen LogP contribution in [0.5, 0.6) is 0 Å². The summed E-state index contributed by atoms with van der Waals surface area (Å²) in [5.41, 5.74) is 3.44. The minimum Gasteiger partial charge on any atom is -0.271 e. The van der Waals surface area contributed by atoms with E-state index in [9.17, 15) is 4.79 Å². The van der Waals surface area contributed by atoms with Gasteiger partial charge in [-0.15, -0.1) is 0 Å². The third kappa shape index (κ3) is 2.61. The molecular weight excluding hydrogens is 352 g/mol. The number of benzodiazepines with no additional fused rings is 1. The lowest BCUT2D eigenvalue weighted by Gasteiger charge is -2.16. The summed E-state index contributed by atoms with van der Waals surface area (Å²) in [6.07, 6.45) is 0. The van der Waals surface area contributed by atoms with Gasteiger partial charge in [0.2, 0.25) is 0 Å². The van der Waals surface area contributed by atoms with Gasteiger partial charge >= 0.3 is 0 Å². The Hall–Kier alpha value is -1.65. The van der Waals surface area contributed by atoms with E-state index >= 15 is 0 Å². The van der Waals surface area contributed by atoms with Gasteiger partial charge in [-0.05, 0) is 25.1 Å². The van der Waals surface area contributed by atoms with Crippen LogP contribution in [0.25, 0.3) is 0 Å². The van der Waals surface area contributed by atoms with Crippen molar-refractivity contribution in [1.29, 1.82) is 0 Å². The summed E-state index contributed by atoms with van der Waals surface area (Å²) in [5.74, 6) is -0.0913. The molecule has 0 aliphatic carbocycles. The summed E-state index contributed by atoms with van der Waals surface area (Å²) in [4.78, 5) is 16.9. The molecule has 3 rings (SSSR count). The third-order valence-electron chi connectivity index (χ3n) is 3.36. The van der Waals surface area contributed by atoms with Crippen molar-refractivity contribution in [2.24, 2.45) is 4.99 Å². The minimum atomic E-state index is -0.456. The second-order valence-corrected chi connectivity index (χ2v) is 5.94. The van der Waals surface area contributed by atoms with Gasteiger partial charge in [-0.1, -0.05) is 41.9 Å². The first-order valence-corrected chi connectivity index (χ1v) is 7.59. The van der Waals surface area contributed by atoms with Crippen molar-refractivity contribution in [3.05, 3.63) is 64.7 Å². The van der Waals surface area contributed by atoms with E-state index in [-0.39, 0.29) is 5.91 Å². The molecule has 21 heavy (non-hydrogen) atoms. The Kier molecular flexibility index (Phi) is 3.83. The predicted molar refractivity (Wildman–Crippen MR) is 89.4 cm³/mol. The summed E-state index contributed by atoms with van der Waals surface area (Å²) in [6.45, 7) is 1.79. The van der Waals surface area contributed by atoms with Crippen molar-refractivity contribution < 1.29 is 4.79 Å². The molecule has 0 N–H and O–H groups in total. The van der Waals surface area contributed by atoms with Crippen LogP contribution in [0.1, 0.15) is 18.1 Å². The van der Waals surface area contributed by atoms with Gasteiger partial charge in [0.25, 0.3) is 5.91 Å². The number of aliphatic imine (C=N–C) groups is 1. The fourth-order valence-corrected chi connectivity index (χ4v) is 3.02. The fraction of sp³-hybridized carbons (Fsp3) is 0.125. The molecule has 3 nitrogen and oxygen atoms in total. The van der Waals surface area contributed by atoms with Crippen LogP contribution in [0.4, 0.5) is 5.69 Å². The van der Waals surface area contributed by atoms with Crippen LogP contribution in [0, 0.1) is 0 Å².